The van der Waals surface area contributed by atoms with Crippen molar-refractivity contribution in [3.63, 3.8) is 0 Å². The first kappa shape index (κ1) is 13.5. The van der Waals surface area contributed by atoms with Gasteiger partial charge >= 0.3 is 0 Å². The minimum atomic E-state index is -0.146. The standard InChI is InChI=1S/C12H15ClN2O2/c1-8-3-4-10(14-9(2)16)7-11(8)15-12(17)5-6-13/h3-4,7H,5-6H2,1-2H3,(H,14,16)(H,15,17). The molecule has 0 saturated carbocycles. The maximum Gasteiger partial charge on any atom is 0.225 e. The molecule has 0 atom stereocenters. The molecule has 92 valence electrons. The number of carbonyl (C=O) groups is 2. The van der Waals surface area contributed by atoms with Gasteiger partial charge in [0.15, 0.2) is 0 Å². The summed E-state index contributed by atoms with van der Waals surface area (Å²) in [5.74, 6) is 0.00552. The first-order valence-corrected chi connectivity index (χ1v) is 5.80. The molecule has 0 fully saturated rings. The van der Waals surface area contributed by atoms with Gasteiger partial charge in [-0.15, -0.1) is 11.6 Å². The Labute approximate surface area is 105 Å². The van der Waals surface area contributed by atoms with Gasteiger partial charge in [0, 0.05) is 30.6 Å². The molecule has 0 bridgehead atoms. The summed E-state index contributed by atoms with van der Waals surface area (Å²) in [5.41, 5.74) is 2.28. The number of amides is 2. The van der Waals surface area contributed by atoms with Crippen molar-refractivity contribution < 1.29 is 9.59 Å². The van der Waals surface area contributed by atoms with Gasteiger partial charge in [0.2, 0.25) is 11.8 Å². The number of alkyl halides is 1. The molecule has 2 N–H and O–H groups in total. The van der Waals surface area contributed by atoms with Gasteiger partial charge in [-0.3, -0.25) is 9.59 Å². The molecule has 0 saturated heterocycles. The highest BCUT2D eigenvalue weighted by atomic mass is 35.5. The van der Waals surface area contributed by atoms with E-state index in [9.17, 15) is 9.59 Å². The molecule has 0 spiro atoms. The third kappa shape index (κ3) is 4.44. The molecule has 17 heavy (non-hydrogen) atoms. The molecular formula is C12H15ClN2O2. The van der Waals surface area contributed by atoms with E-state index in [1.807, 2.05) is 13.0 Å². The van der Waals surface area contributed by atoms with Crippen molar-refractivity contribution in [1.29, 1.82) is 0 Å². The van der Waals surface area contributed by atoms with Gasteiger partial charge in [0.1, 0.15) is 0 Å². The van der Waals surface area contributed by atoms with Gasteiger partial charge < -0.3 is 10.6 Å². The lowest BCUT2D eigenvalue weighted by molar-refractivity contribution is -0.116. The zero-order chi connectivity index (χ0) is 12.8. The van der Waals surface area contributed by atoms with E-state index < -0.39 is 0 Å². The predicted octanol–water partition coefficient (Wildman–Crippen LogP) is 2.52. The monoisotopic (exact) mass is 254 g/mol. The van der Waals surface area contributed by atoms with Crippen LogP contribution < -0.4 is 10.6 Å². The molecule has 0 heterocycles. The van der Waals surface area contributed by atoms with Crippen molar-refractivity contribution in [1.82, 2.24) is 0 Å². The number of carbonyl (C=O) groups excluding carboxylic acids is 2. The summed E-state index contributed by atoms with van der Waals surface area (Å²) in [6.45, 7) is 3.32. The number of aryl methyl sites for hydroxylation is 1. The molecule has 0 aliphatic carbocycles. The fourth-order valence-electron chi connectivity index (χ4n) is 1.34. The van der Waals surface area contributed by atoms with Crippen molar-refractivity contribution >= 4 is 34.8 Å². The zero-order valence-corrected chi connectivity index (χ0v) is 10.6. The summed E-state index contributed by atoms with van der Waals surface area (Å²) in [6, 6.07) is 5.35. The Bertz CT molecular complexity index is 433. The Morgan fingerprint density at radius 2 is 2.00 bits per heavy atom. The summed E-state index contributed by atoms with van der Waals surface area (Å²) < 4.78 is 0. The number of rotatable bonds is 4. The van der Waals surface area contributed by atoms with E-state index in [0.29, 0.717) is 11.4 Å². The molecule has 0 aliphatic rings. The Morgan fingerprint density at radius 3 is 2.59 bits per heavy atom. The maximum absolute atomic E-state index is 11.4. The largest absolute Gasteiger partial charge is 0.326 e. The SMILES string of the molecule is CC(=O)Nc1ccc(C)c(NC(=O)CCCl)c1. The smallest absolute Gasteiger partial charge is 0.225 e. The van der Waals surface area contributed by atoms with E-state index in [1.165, 1.54) is 6.92 Å². The second-order valence-electron chi connectivity index (χ2n) is 3.70. The van der Waals surface area contributed by atoms with Crippen LogP contribution in [0.15, 0.2) is 18.2 Å². The third-order valence-electron chi connectivity index (χ3n) is 2.15. The van der Waals surface area contributed by atoms with Crippen molar-refractivity contribution in [3.8, 4) is 0 Å². The van der Waals surface area contributed by atoms with Crippen molar-refractivity contribution in [2.75, 3.05) is 16.5 Å². The van der Waals surface area contributed by atoms with Crippen LogP contribution in [0.2, 0.25) is 0 Å². The summed E-state index contributed by atoms with van der Waals surface area (Å²) in [4.78, 5) is 22.3. The molecule has 1 aromatic rings. The molecule has 5 heteroatoms. The highest BCUT2D eigenvalue weighted by Gasteiger charge is 2.05. The van der Waals surface area contributed by atoms with Crippen LogP contribution in [0.5, 0.6) is 0 Å². The van der Waals surface area contributed by atoms with Gasteiger partial charge in [-0.05, 0) is 24.6 Å². The second kappa shape index (κ2) is 6.25. The van der Waals surface area contributed by atoms with E-state index in [-0.39, 0.29) is 24.1 Å². The van der Waals surface area contributed by atoms with Crippen molar-refractivity contribution in [2.24, 2.45) is 0 Å². The number of hydrogen-bond donors (Lipinski definition) is 2. The second-order valence-corrected chi connectivity index (χ2v) is 4.08. The summed E-state index contributed by atoms with van der Waals surface area (Å²) in [5, 5.41) is 5.41. The van der Waals surface area contributed by atoms with Gasteiger partial charge in [-0.2, -0.15) is 0 Å². The average molecular weight is 255 g/mol. The lowest BCUT2D eigenvalue weighted by Gasteiger charge is -2.10. The predicted molar refractivity (Wildman–Crippen MR) is 69.4 cm³/mol. The highest BCUT2D eigenvalue weighted by Crippen LogP contribution is 2.20. The Kier molecular flexibility index (Phi) is 4.97. The summed E-state index contributed by atoms with van der Waals surface area (Å²) >= 11 is 5.48. The molecule has 0 aromatic heterocycles. The Balaban J connectivity index is 2.83. The van der Waals surface area contributed by atoms with E-state index in [4.69, 9.17) is 11.6 Å². The minimum absolute atomic E-state index is 0.136. The van der Waals surface area contributed by atoms with Crippen LogP contribution in [0, 0.1) is 6.92 Å². The van der Waals surface area contributed by atoms with E-state index in [2.05, 4.69) is 10.6 Å². The fourth-order valence-corrected chi connectivity index (χ4v) is 1.51. The lowest BCUT2D eigenvalue weighted by atomic mass is 10.1. The number of halogens is 1. The van der Waals surface area contributed by atoms with E-state index in [0.717, 1.165) is 5.56 Å². The van der Waals surface area contributed by atoms with Gasteiger partial charge in [0.05, 0.1) is 0 Å². The number of hydrogen-bond acceptors (Lipinski definition) is 2. The topological polar surface area (TPSA) is 58.2 Å². The Morgan fingerprint density at radius 1 is 1.29 bits per heavy atom. The van der Waals surface area contributed by atoms with Crippen LogP contribution in [0.25, 0.3) is 0 Å². The molecule has 1 rings (SSSR count). The number of benzene rings is 1. The molecule has 0 radical (unpaired) electrons. The molecule has 4 nitrogen and oxygen atoms in total. The quantitative estimate of drug-likeness (QED) is 0.811. The van der Waals surface area contributed by atoms with Crippen LogP contribution >= 0.6 is 11.6 Å². The van der Waals surface area contributed by atoms with Crippen LogP contribution in [0.3, 0.4) is 0 Å². The lowest BCUT2D eigenvalue weighted by Crippen LogP contribution is -2.13. The highest BCUT2D eigenvalue weighted by molar-refractivity contribution is 6.19. The molecule has 1 aromatic carbocycles. The van der Waals surface area contributed by atoms with Crippen LogP contribution in [0.1, 0.15) is 18.9 Å². The summed E-state index contributed by atoms with van der Waals surface area (Å²) in [7, 11) is 0. The van der Waals surface area contributed by atoms with Crippen molar-refractivity contribution in [3.05, 3.63) is 23.8 Å². The Hall–Kier alpha value is -1.55. The normalized spacial score (nSPS) is 9.82. The molecule has 0 aliphatic heterocycles. The molecule has 0 unspecified atom stereocenters. The maximum atomic E-state index is 11.4. The average Bonchev–Trinajstić information content (AvgIpc) is 2.22. The van der Waals surface area contributed by atoms with Crippen LogP contribution in [-0.2, 0) is 9.59 Å². The zero-order valence-electron chi connectivity index (χ0n) is 9.84. The first-order chi connectivity index (χ1) is 8.02. The molecule has 2 amide bonds. The first-order valence-electron chi connectivity index (χ1n) is 5.27. The van der Waals surface area contributed by atoms with Crippen molar-refractivity contribution in [2.45, 2.75) is 20.3 Å². The fraction of sp³-hybridized carbons (Fsp3) is 0.333. The van der Waals surface area contributed by atoms with Gasteiger partial charge in [-0.25, -0.2) is 0 Å². The minimum Gasteiger partial charge on any atom is -0.326 e. The van der Waals surface area contributed by atoms with Gasteiger partial charge in [-0.1, -0.05) is 6.07 Å². The van der Waals surface area contributed by atoms with Crippen LogP contribution in [0.4, 0.5) is 11.4 Å². The number of nitrogens with one attached hydrogen (secondary N) is 2. The number of anilines is 2. The van der Waals surface area contributed by atoms with E-state index >= 15 is 0 Å². The summed E-state index contributed by atoms with van der Waals surface area (Å²) in [6.07, 6.45) is 0.269. The molecular weight excluding hydrogens is 240 g/mol. The third-order valence-corrected chi connectivity index (χ3v) is 2.34. The van der Waals surface area contributed by atoms with Gasteiger partial charge in [0.25, 0.3) is 0 Å². The van der Waals surface area contributed by atoms with E-state index in [1.54, 1.807) is 12.1 Å². The van der Waals surface area contributed by atoms with Crippen LogP contribution in [-0.4, -0.2) is 17.7 Å².